The molecule has 2 heteroatoms. The van der Waals surface area contributed by atoms with Gasteiger partial charge in [-0.3, -0.25) is 0 Å². The van der Waals surface area contributed by atoms with Crippen LogP contribution in [0.2, 0.25) is 0 Å². The largest absolute Gasteiger partial charge is 0.314 e. The van der Waals surface area contributed by atoms with Crippen molar-refractivity contribution in [3.05, 3.63) is 0 Å². The highest BCUT2D eigenvalue weighted by molar-refractivity contribution is 4.96. The van der Waals surface area contributed by atoms with Crippen LogP contribution >= 0.6 is 0 Å². The van der Waals surface area contributed by atoms with Gasteiger partial charge in [-0.05, 0) is 64.1 Å². The summed E-state index contributed by atoms with van der Waals surface area (Å²) in [5.74, 6) is 0.940. The molecule has 0 amide bonds. The Morgan fingerprint density at radius 2 is 1.81 bits per heavy atom. The lowest BCUT2D eigenvalue weighted by Crippen LogP contribution is -2.45. The van der Waals surface area contributed by atoms with Crippen LogP contribution < -0.4 is 5.32 Å². The first-order chi connectivity index (χ1) is 7.49. The van der Waals surface area contributed by atoms with E-state index in [9.17, 15) is 0 Å². The maximum atomic E-state index is 3.77. The van der Waals surface area contributed by atoms with Gasteiger partial charge in [-0.2, -0.15) is 0 Å². The molecule has 1 atom stereocenters. The van der Waals surface area contributed by atoms with Gasteiger partial charge in [0.2, 0.25) is 0 Å². The van der Waals surface area contributed by atoms with Crippen molar-refractivity contribution in [2.24, 2.45) is 11.3 Å². The second-order valence-corrected chi connectivity index (χ2v) is 6.70. The van der Waals surface area contributed by atoms with Crippen molar-refractivity contribution in [2.45, 2.75) is 59.0 Å². The highest BCUT2D eigenvalue weighted by Crippen LogP contribution is 2.51. The number of nitrogens with zero attached hydrogens (tertiary/aromatic N) is 1. The zero-order chi connectivity index (χ0) is 11.8. The summed E-state index contributed by atoms with van der Waals surface area (Å²) >= 11 is 0. The van der Waals surface area contributed by atoms with E-state index < -0.39 is 0 Å². The molecular formula is C14H28N2. The van der Waals surface area contributed by atoms with Crippen molar-refractivity contribution >= 4 is 0 Å². The second kappa shape index (κ2) is 4.66. The predicted molar refractivity (Wildman–Crippen MR) is 69.6 cm³/mol. The van der Waals surface area contributed by atoms with Crippen molar-refractivity contribution in [1.82, 2.24) is 10.2 Å². The monoisotopic (exact) mass is 224 g/mol. The molecule has 0 spiro atoms. The quantitative estimate of drug-likeness (QED) is 0.789. The minimum atomic E-state index is 0.631. The highest BCUT2D eigenvalue weighted by atomic mass is 15.2. The fourth-order valence-corrected chi connectivity index (χ4v) is 2.85. The van der Waals surface area contributed by atoms with E-state index in [1.54, 1.807) is 0 Å². The smallest absolute Gasteiger partial charge is 0.00915 e. The third-order valence-corrected chi connectivity index (χ3v) is 4.63. The van der Waals surface area contributed by atoms with Gasteiger partial charge in [0, 0.05) is 12.1 Å². The number of rotatable bonds is 4. The van der Waals surface area contributed by atoms with Crippen LogP contribution in [0.5, 0.6) is 0 Å². The van der Waals surface area contributed by atoms with E-state index in [1.807, 2.05) is 0 Å². The number of hydrogen-bond donors (Lipinski definition) is 1. The van der Waals surface area contributed by atoms with Gasteiger partial charge in [0.05, 0.1) is 0 Å². The molecule has 16 heavy (non-hydrogen) atoms. The van der Waals surface area contributed by atoms with Crippen molar-refractivity contribution in [3.63, 3.8) is 0 Å². The van der Waals surface area contributed by atoms with Crippen molar-refractivity contribution in [3.8, 4) is 0 Å². The maximum absolute atomic E-state index is 3.77. The summed E-state index contributed by atoms with van der Waals surface area (Å²) in [5, 5.41) is 3.77. The number of hydrogen-bond acceptors (Lipinski definition) is 2. The molecule has 0 radical (unpaired) electrons. The van der Waals surface area contributed by atoms with Gasteiger partial charge in [0.15, 0.2) is 0 Å². The molecule has 0 aromatic rings. The average molecular weight is 224 g/mol. The molecule has 1 saturated heterocycles. The molecule has 1 saturated carbocycles. The molecule has 1 aliphatic heterocycles. The Hall–Kier alpha value is -0.0800. The highest BCUT2D eigenvalue weighted by Gasteiger charge is 2.45. The Balaban J connectivity index is 1.63. The molecule has 0 aromatic carbocycles. The summed E-state index contributed by atoms with van der Waals surface area (Å²) in [6.07, 6.45) is 4.10. The second-order valence-electron chi connectivity index (χ2n) is 6.70. The molecule has 1 N–H and O–H groups in total. The molecule has 94 valence electrons. The van der Waals surface area contributed by atoms with Crippen molar-refractivity contribution in [2.75, 3.05) is 19.6 Å². The molecule has 2 aliphatic rings. The molecule has 1 unspecified atom stereocenters. The van der Waals surface area contributed by atoms with Crippen LogP contribution in [-0.4, -0.2) is 36.6 Å². The van der Waals surface area contributed by atoms with E-state index in [4.69, 9.17) is 0 Å². The van der Waals surface area contributed by atoms with Gasteiger partial charge in [0.1, 0.15) is 0 Å². The van der Waals surface area contributed by atoms with Gasteiger partial charge in [-0.1, -0.05) is 13.8 Å². The minimum Gasteiger partial charge on any atom is -0.314 e. The Bertz CT molecular complexity index is 227. The summed E-state index contributed by atoms with van der Waals surface area (Å²) in [5.41, 5.74) is 0.631. The average Bonchev–Trinajstić information content (AvgIpc) is 2.84. The molecule has 2 nitrogen and oxygen atoms in total. The van der Waals surface area contributed by atoms with Crippen LogP contribution in [-0.2, 0) is 0 Å². The Morgan fingerprint density at radius 3 is 2.25 bits per heavy atom. The van der Waals surface area contributed by atoms with Gasteiger partial charge < -0.3 is 10.2 Å². The third-order valence-electron chi connectivity index (χ3n) is 4.63. The summed E-state index contributed by atoms with van der Waals surface area (Å²) < 4.78 is 0. The molecule has 1 heterocycles. The Morgan fingerprint density at radius 1 is 1.25 bits per heavy atom. The van der Waals surface area contributed by atoms with E-state index in [-0.39, 0.29) is 0 Å². The number of nitrogens with one attached hydrogen (secondary N) is 1. The molecular weight excluding hydrogens is 196 g/mol. The van der Waals surface area contributed by atoms with Crippen LogP contribution in [0.4, 0.5) is 0 Å². The summed E-state index contributed by atoms with van der Waals surface area (Å²) in [7, 11) is 0. The van der Waals surface area contributed by atoms with E-state index >= 15 is 0 Å². The van der Waals surface area contributed by atoms with Crippen LogP contribution in [0.15, 0.2) is 0 Å². The SMILES string of the molecule is CC(C)N1CCC(NCC2CC2(C)C)CC1. The predicted octanol–water partition coefficient (Wildman–Crippen LogP) is 2.49. The van der Waals surface area contributed by atoms with E-state index in [2.05, 4.69) is 37.9 Å². The topological polar surface area (TPSA) is 15.3 Å². The van der Waals surface area contributed by atoms with Crippen LogP contribution in [0.3, 0.4) is 0 Å². The summed E-state index contributed by atoms with van der Waals surface area (Å²) in [6.45, 7) is 13.2. The standard InChI is InChI=1S/C14H28N2/c1-11(2)16-7-5-13(6-8-16)15-10-12-9-14(12,3)4/h11-13,15H,5-10H2,1-4H3. The first-order valence-electron chi connectivity index (χ1n) is 6.96. The Kier molecular flexibility index (Phi) is 3.60. The lowest BCUT2D eigenvalue weighted by molar-refractivity contribution is 0.160. The first kappa shape index (κ1) is 12.4. The molecule has 1 aliphatic carbocycles. The third kappa shape index (κ3) is 2.98. The Labute approximate surface area is 101 Å². The van der Waals surface area contributed by atoms with Gasteiger partial charge >= 0.3 is 0 Å². The zero-order valence-electron chi connectivity index (χ0n) is 11.4. The molecule has 2 rings (SSSR count). The minimum absolute atomic E-state index is 0.631. The molecule has 0 bridgehead atoms. The van der Waals surface area contributed by atoms with Crippen molar-refractivity contribution < 1.29 is 0 Å². The zero-order valence-corrected chi connectivity index (χ0v) is 11.4. The lowest BCUT2D eigenvalue weighted by Gasteiger charge is -2.35. The summed E-state index contributed by atoms with van der Waals surface area (Å²) in [6, 6.07) is 1.51. The van der Waals surface area contributed by atoms with Crippen LogP contribution in [0.1, 0.15) is 47.0 Å². The van der Waals surface area contributed by atoms with Crippen molar-refractivity contribution in [1.29, 1.82) is 0 Å². The lowest BCUT2D eigenvalue weighted by atomic mass is 10.0. The molecule has 2 fully saturated rings. The van der Waals surface area contributed by atoms with Gasteiger partial charge in [-0.25, -0.2) is 0 Å². The van der Waals surface area contributed by atoms with E-state index in [0.29, 0.717) is 5.41 Å². The summed E-state index contributed by atoms with van der Waals surface area (Å²) in [4.78, 5) is 2.60. The van der Waals surface area contributed by atoms with Crippen LogP contribution in [0, 0.1) is 11.3 Å². The number of likely N-dealkylation sites (tertiary alicyclic amines) is 1. The first-order valence-corrected chi connectivity index (χ1v) is 6.96. The van der Waals surface area contributed by atoms with Gasteiger partial charge in [0.25, 0.3) is 0 Å². The fraction of sp³-hybridized carbons (Fsp3) is 1.00. The van der Waals surface area contributed by atoms with E-state index in [0.717, 1.165) is 18.0 Å². The van der Waals surface area contributed by atoms with E-state index in [1.165, 1.54) is 38.9 Å². The van der Waals surface area contributed by atoms with Crippen LogP contribution in [0.25, 0.3) is 0 Å². The molecule has 0 aromatic heterocycles. The maximum Gasteiger partial charge on any atom is 0.00915 e. The normalized spacial score (nSPS) is 30.9. The van der Waals surface area contributed by atoms with Gasteiger partial charge in [-0.15, -0.1) is 0 Å². The fourth-order valence-electron chi connectivity index (χ4n) is 2.85. The number of piperidine rings is 1.